The molecule has 5 nitrogen and oxygen atoms in total. The number of benzene rings is 1. The van der Waals surface area contributed by atoms with E-state index in [0.717, 1.165) is 5.56 Å². The summed E-state index contributed by atoms with van der Waals surface area (Å²) in [5.41, 5.74) is -0.580. The minimum Gasteiger partial charge on any atom is -0.469 e. The Hall–Kier alpha value is -1.95. The van der Waals surface area contributed by atoms with Crippen LogP contribution in [0.1, 0.15) is 32.3 Å². The van der Waals surface area contributed by atoms with Gasteiger partial charge in [-0.25, -0.2) is 4.39 Å². The molecule has 6 heteroatoms. The van der Waals surface area contributed by atoms with Crippen LogP contribution in [0.25, 0.3) is 0 Å². The molecule has 0 saturated carbocycles. The number of carbonyl (C=O) groups is 2. The van der Waals surface area contributed by atoms with Gasteiger partial charge < -0.3 is 14.5 Å². The molecule has 1 aromatic carbocycles. The molecule has 0 bridgehead atoms. The molecule has 2 heterocycles. The van der Waals surface area contributed by atoms with E-state index < -0.39 is 17.0 Å². The van der Waals surface area contributed by atoms with Crippen LogP contribution in [0, 0.1) is 5.92 Å². The first kappa shape index (κ1) is 18.8. The van der Waals surface area contributed by atoms with Crippen molar-refractivity contribution >= 4 is 17.6 Å². The van der Waals surface area contributed by atoms with E-state index in [4.69, 9.17) is 4.74 Å². The van der Waals surface area contributed by atoms with Gasteiger partial charge in [0.1, 0.15) is 0 Å². The van der Waals surface area contributed by atoms with Crippen molar-refractivity contribution in [2.24, 2.45) is 5.92 Å². The van der Waals surface area contributed by atoms with Gasteiger partial charge in [-0.05, 0) is 24.7 Å². The van der Waals surface area contributed by atoms with Crippen molar-refractivity contribution in [2.75, 3.05) is 38.7 Å². The summed E-state index contributed by atoms with van der Waals surface area (Å²) in [6, 6.07) is 7.51. The first-order valence-electron chi connectivity index (χ1n) is 9.04. The number of alkyl halides is 1. The van der Waals surface area contributed by atoms with Gasteiger partial charge in [-0.1, -0.05) is 26.0 Å². The Balaban J connectivity index is 1.87. The van der Waals surface area contributed by atoms with Gasteiger partial charge in [-0.15, -0.1) is 0 Å². The van der Waals surface area contributed by atoms with E-state index in [0.29, 0.717) is 25.3 Å². The number of methoxy groups -OCH3 is 1. The van der Waals surface area contributed by atoms with Gasteiger partial charge in [-0.3, -0.25) is 9.59 Å². The molecule has 2 fully saturated rings. The van der Waals surface area contributed by atoms with Crippen molar-refractivity contribution in [3.8, 4) is 0 Å². The molecule has 0 unspecified atom stereocenters. The molecule has 0 aromatic heterocycles. The van der Waals surface area contributed by atoms with Crippen molar-refractivity contribution in [3.63, 3.8) is 0 Å². The molecular weight excluding hydrogens is 335 g/mol. The second kappa shape index (κ2) is 6.65. The van der Waals surface area contributed by atoms with E-state index in [-0.39, 0.29) is 24.7 Å². The van der Waals surface area contributed by atoms with Crippen molar-refractivity contribution in [3.05, 3.63) is 29.8 Å². The van der Waals surface area contributed by atoms with E-state index in [1.54, 1.807) is 4.90 Å². The number of rotatable bonds is 4. The lowest BCUT2D eigenvalue weighted by Gasteiger charge is -2.34. The molecule has 2 saturated heterocycles. The van der Waals surface area contributed by atoms with Crippen LogP contribution in [-0.2, 0) is 19.7 Å². The summed E-state index contributed by atoms with van der Waals surface area (Å²) in [7, 11) is 3.33. The van der Waals surface area contributed by atoms with Crippen molar-refractivity contribution < 1.29 is 18.7 Å². The first-order chi connectivity index (χ1) is 12.2. The topological polar surface area (TPSA) is 49.9 Å². The van der Waals surface area contributed by atoms with Gasteiger partial charge in [0, 0.05) is 43.1 Å². The van der Waals surface area contributed by atoms with Gasteiger partial charge in [-0.2, -0.15) is 0 Å². The minimum atomic E-state index is -1.76. The fourth-order valence-corrected chi connectivity index (χ4v) is 4.03. The predicted molar refractivity (Wildman–Crippen MR) is 97.9 cm³/mol. The number of fused-ring (bicyclic) bond motifs is 1. The van der Waals surface area contributed by atoms with Crippen LogP contribution in [-0.4, -0.2) is 56.2 Å². The number of piperidine rings is 1. The highest BCUT2D eigenvalue weighted by Gasteiger charge is 2.57. The number of nitrogens with zero attached hydrogens (tertiary/aromatic N) is 2. The lowest BCUT2D eigenvalue weighted by Crippen LogP contribution is -2.49. The molecule has 2 atom stereocenters. The van der Waals surface area contributed by atoms with E-state index in [1.807, 2.05) is 45.2 Å². The maximum absolute atomic E-state index is 15.3. The maximum Gasteiger partial charge on any atom is 0.306 e. The molecule has 0 spiro atoms. The van der Waals surface area contributed by atoms with Gasteiger partial charge in [0.15, 0.2) is 5.67 Å². The summed E-state index contributed by atoms with van der Waals surface area (Å²) < 4.78 is 20.1. The van der Waals surface area contributed by atoms with Crippen LogP contribution in [0.4, 0.5) is 10.1 Å². The second-order valence-electron chi connectivity index (χ2n) is 8.17. The standard InChI is InChI=1S/C20H27FN2O3/c1-19(2,11-17(24)26-4)14-6-5-7-16(10-14)23-13-15-12-22(3)9-8-20(15,21)18(23)25/h5-7,10,15H,8-9,11-13H2,1-4H3/t15-,20+/m0/s1. The van der Waals surface area contributed by atoms with Crippen molar-refractivity contribution in [1.29, 1.82) is 0 Å². The number of anilines is 1. The quantitative estimate of drug-likeness (QED) is 0.773. The number of likely N-dealkylation sites (tertiary alicyclic amines) is 1. The highest BCUT2D eigenvalue weighted by atomic mass is 19.1. The molecule has 2 aliphatic heterocycles. The Labute approximate surface area is 154 Å². The lowest BCUT2D eigenvalue weighted by atomic mass is 9.81. The zero-order chi connectivity index (χ0) is 19.1. The number of ether oxygens (including phenoxy) is 1. The highest BCUT2D eigenvalue weighted by Crippen LogP contribution is 2.42. The Bertz CT molecular complexity index is 721. The predicted octanol–water partition coefficient (Wildman–Crippen LogP) is 2.53. The SMILES string of the molecule is COC(=O)CC(C)(C)c1cccc(N2C[C@@H]3CN(C)CC[C@]3(F)C2=O)c1. The maximum atomic E-state index is 15.3. The van der Waals surface area contributed by atoms with E-state index >= 15 is 4.39 Å². The Kier molecular flexibility index (Phi) is 4.82. The third kappa shape index (κ3) is 3.22. The van der Waals surface area contributed by atoms with Gasteiger partial charge >= 0.3 is 5.97 Å². The molecule has 2 aliphatic rings. The molecule has 0 radical (unpaired) electrons. The average molecular weight is 362 g/mol. The van der Waals surface area contributed by atoms with Crippen LogP contribution in [0.5, 0.6) is 0 Å². The summed E-state index contributed by atoms with van der Waals surface area (Å²) in [5, 5.41) is 0. The fourth-order valence-electron chi connectivity index (χ4n) is 4.03. The van der Waals surface area contributed by atoms with E-state index in [9.17, 15) is 9.59 Å². The molecule has 0 aliphatic carbocycles. The zero-order valence-corrected chi connectivity index (χ0v) is 15.9. The summed E-state index contributed by atoms with van der Waals surface area (Å²) in [4.78, 5) is 28.2. The largest absolute Gasteiger partial charge is 0.469 e. The molecular formula is C20H27FN2O3. The highest BCUT2D eigenvalue weighted by molar-refractivity contribution is 6.02. The smallest absolute Gasteiger partial charge is 0.306 e. The van der Waals surface area contributed by atoms with E-state index in [1.165, 1.54) is 7.11 Å². The van der Waals surface area contributed by atoms with Crippen LogP contribution in [0.2, 0.25) is 0 Å². The second-order valence-corrected chi connectivity index (χ2v) is 8.17. The third-order valence-corrected chi connectivity index (χ3v) is 5.79. The van der Waals surface area contributed by atoms with Crippen LogP contribution < -0.4 is 4.90 Å². The summed E-state index contributed by atoms with van der Waals surface area (Å²) in [5.74, 6) is -1.02. The molecule has 26 heavy (non-hydrogen) atoms. The number of hydrogen-bond acceptors (Lipinski definition) is 4. The normalized spacial score (nSPS) is 26.7. The fraction of sp³-hybridized carbons (Fsp3) is 0.600. The van der Waals surface area contributed by atoms with Gasteiger partial charge in [0.2, 0.25) is 0 Å². The Morgan fingerprint density at radius 1 is 1.38 bits per heavy atom. The number of amides is 1. The van der Waals surface area contributed by atoms with Crippen molar-refractivity contribution in [2.45, 2.75) is 37.8 Å². The zero-order valence-electron chi connectivity index (χ0n) is 15.9. The van der Waals surface area contributed by atoms with Crippen LogP contribution >= 0.6 is 0 Å². The van der Waals surface area contributed by atoms with Gasteiger partial charge in [0.25, 0.3) is 5.91 Å². The summed E-state index contributed by atoms with van der Waals surface area (Å²) in [6.07, 6.45) is 0.485. The van der Waals surface area contributed by atoms with E-state index in [2.05, 4.69) is 4.90 Å². The third-order valence-electron chi connectivity index (χ3n) is 5.79. The van der Waals surface area contributed by atoms with Crippen LogP contribution in [0.15, 0.2) is 24.3 Å². The Morgan fingerprint density at radius 3 is 2.81 bits per heavy atom. The minimum absolute atomic E-state index is 0.237. The monoisotopic (exact) mass is 362 g/mol. The first-order valence-corrected chi connectivity index (χ1v) is 9.04. The molecule has 0 N–H and O–H groups in total. The molecule has 1 aromatic rings. The number of hydrogen-bond donors (Lipinski definition) is 0. The number of esters is 1. The van der Waals surface area contributed by atoms with Crippen LogP contribution in [0.3, 0.4) is 0 Å². The summed E-state index contributed by atoms with van der Waals surface area (Å²) in [6.45, 7) is 5.49. The van der Waals surface area contributed by atoms with Crippen molar-refractivity contribution in [1.82, 2.24) is 4.90 Å². The molecule has 3 rings (SSSR count). The van der Waals surface area contributed by atoms with Gasteiger partial charge in [0.05, 0.1) is 13.5 Å². The molecule has 1 amide bonds. The average Bonchev–Trinajstić information content (AvgIpc) is 2.86. The Morgan fingerprint density at radius 2 is 2.12 bits per heavy atom. The number of halogens is 1. The number of carbonyl (C=O) groups excluding carboxylic acids is 2. The summed E-state index contributed by atoms with van der Waals surface area (Å²) >= 11 is 0. The molecule has 142 valence electrons. The lowest BCUT2D eigenvalue weighted by molar-refractivity contribution is -0.141.